The van der Waals surface area contributed by atoms with Crippen LogP contribution in [0.15, 0.2) is 12.7 Å². The minimum absolute atomic E-state index is 0.0545. The molecule has 0 aromatic heterocycles. The van der Waals surface area contributed by atoms with Gasteiger partial charge in [-0.3, -0.25) is 0 Å². The second-order valence-electron chi connectivity index (χ2n) is 5.10. The molecule has 124 valence electrons. The van der Waals surface area contributed by atoms with E-state index in [1.165, 1.54) is 6.08 Å². The summed E-state index contributed by atoms with van der Waals surface area (Å²) in [5, 5.41) is 0. The van der Waals surface area contributed by atoms with Gasteiger partial charge < -0.3 is 14.2 Å². The lowest BCUT2D eigenvalue weighted by molar-refractivity contribution is -0.137. The highest BCUT2D eigenvalue weighted by Crippen LogP contribution is 2.04. The molecular weight excluding hydrogens is 284 g/mol. The van der Waals surface area contributed by atoms with Gasteiger partial charge in [0.25, 0.3) is 0 Å². The highest BCUT2D eigenvalue weighted by Gasteiger charge is 2.09. The lowest BCUT2D eigenvalue weighted by Crippen LogP contribution is -2.25. The number of rotatable bonds is 15. The quantitative estimate of drug-likeness (QED) is 0.153. The Hall–Kier alpha value is -0.653. The molecule has 0 unspecified atom stereocenters. The fourth-order valence-electron chi connectivity index (χ4n) is 1.75. The van der Waals surface area contributed by atoms with E-state index in [1.807, 2.05) is 0 Å². The summed E-state index contributed by atoms with van der Waals surface area (Å²) in [6, 6.07) is 1.16. The minimum Gasteiger partial charge on any atom is -0.463 e. The Labute approximate surface area is 132 Å². The Morgan fingerprint density at radius 1 is 1.05 bits per heavy atom. The van der Waals surface area contributed by atoms with Crippen molar-refractivity contribution in [1.29, 1.82) is 0 Å². The first-order valence-corrected chi connectivity index (χ1v) is 10.1. The van der Waals surface area contributed by atoms with Gasteiger partial charge in [0, 0.05) is 19.3 Å². The predicted octanol–water partition coefficient (Wildman–Crippen LogP) is 3.00. The first kappa shape index (κ1) is 20.3. The summed E-state index contributed by atoms with van der Waals surface area (Å²) in [7, 11) is -0.388. The Kier molecular flexibility index (Phi) is 15.2. The fraction of sp³-hybridized carbons (Fsp3) is 0.812. The van der Waals surface area contributed by atoms with Crippen LogP contribution < -0.4 is 0 Å². The third-order valence-electron chi connectivity index (χ3n) is 3.10. The fourth-order valence-corrected chi connectivity index (χ4v) is 3.40. The average molecular weight is 317 g/mol. The van der Waals surface area contributed by atoms with E-state index >= 15 is 0 Å². The second-order valence-corrected chi connectivity index (χ2v) is 7.05. The van der Waals surface area contributed by atoms with Crippen molar-refractivity contribution in [2.45, 2.75) is 64.3 Å². The standard InChI is InChI=1S/C16H32O4Si/c1-4-7-11-19-16(20-12-8-5-2)21-14-10-9-13-18-15(17)6-3/h6,16H,3-5,7-14,21H2,1-2H3. The van der Waals surface area contributed by atoms with Gasteiger partial charge >= 0.3 is 5.97 Å². The lowest BCUT2D eigenvalue weighted by Gasteiger charge is -2.18. The Balaban J connectivity index is 3.67. The maximum absolute atomic E-state index is 10.9. The molecule has 0 radical (unpaired) electrons. The zero-order valence-corrected chi connectivity index (χ0v) is 15.2. The van der Waals surface area contributed by atoms with E-state index in [0.29, 0.717) is 6.61 Å². The number of unbranched alkanes of at least 4 members (excludes halogenated alkanes) is 3. The monoisotopic (exact) mass is 316 g/mol. The number of hydrogen-bond acceptors (Lipinski definition) is 4. The molecule has 0 atom stereocenters. The molecule has 0 bridgehead atoms. The third-order valence-corrected chi connectivity index (χ3v) is 4.95. The maximum Gasteiger partial charge on any atom is 0.330 e. The minimum atomic E-state index is -0.388. The van der Waals surface area contributed by atoms with E-state index in [4.69, 9.17) is 14.2 Å². The van der Waals surface area contributed by atoms with Crippen LogP contribution in [0, 0.1) is 0 Å². The summed E-state index contributed by atoms with van der Waals surface area (Å²) >= 11 is 0. The normalized spacial score (nSPS) is 11.4. The molecule has 0 aromatic carbocycles. The van der Waals surface area contributed by atoms with Crippen molar-refractivity contribution in [3.63, 3.8) is 0 Å². The van der Waals surface area contributed by atoms with Crippen molar-refractivity contribution >= 4 is 15.5 Å². The molecule has 0 aliphatic rings. The SMILES string of the molecule is C=CC(=O)OCCCC[SiH2]C(OCCCC)OCCCC. The topological polar surface area (TPSA) is 44.8 Å². The molecule has 4 nitrogen and oxygen atoms in total. The van der Waals surface area contributed by atoms with E-state index in [0.717, 1.165) is 57.8 Å². The number of esters is 1. The molecule has 0 N–H and O–H groups in total. The van der Waals surface area contributed by atoms with Gasteiger partial charge in [0.2, 0.25) is 0 Å². The smallest absolute Gasteiger partial charge is 0.330 e. The van der Waals surface area contributed by atoms with Crippen molar-refractivity contribution in [1.82, 2.24) is 0 Å². The van der Waals surface area contributed by atoms with Gasteiger partial charge in [0.05, 0.1) is 16.1 Å². The first-order chi connectivity index (χ1) is 10.2. The van der Waals surface area contributed by atoms with Crippen LogP contribution in [0.5, 0.6) is 0 Å². The van der Waals surface area contributed by atoms with E-state index < -0.39 is 0 Å². The summed E-state index contributed by atoms with van der Waals surface area (Å²) in [5.41, 5.74) is 0. The van der Waals surface area contributed by atoms with Gasteiger partial charge in [-0.15, -0.1) is 0 Å². The van der Waals surface area contributed by atoms with Crippen LogP contribution in [-0.4, -0.2) is 41.2 Å². The molecule has 0 aliphatic carbocycles. The van der Waals surface area contributed by atoms with Gasteiger partial charge in [0.15, 0.2) is 0 Å². The molecule has 21 heavy (non-hydrogen) atoms. The third kappa shape index (κ3) is 14.1. The van der Waals surface area contributed by atoms with E-state index in [9.17, 15) is 4.79 Å². The molecule has 0 saturated heterocycles. The summed E-state index contributed by atoms with van der Waals surface area (Å²) in [4.78, 5) is 10.9. The van der Waals surface area contributed by atoms with Crippen LogP contribution in [0.25, 0.3) is 0 Å². The molecule has 0 amide bonds. The molecule has 0 fully saturated rings. The van der Waals surface area contributed by atoms with Crippen molar-refractivity contribution in [3.8, 4) is 0 Å². The Bertz CT molecular complexity index is 249. The second kappa shape index (κ2) is 15.7. The van der Waals surface area contributed by atoms with Crippen molar-refractivity contribution < 1.29 is 19.0 Å². The van der Waals surface area contributed by atoms with Crippen LogP contribution >= 0.6 is 0 Å². The highest BCUT2D eigenvalue weighted by atomic mass is 28.2. The zero-order chi connectivity index (χ0) is 15.8. The molecular formula is C16H32O4Si. The van der Waals surface area contributed by atoms with Gasteiger partial charge in [-0.05, 0) is 19.3 Å². The molecule has 0 spiro atoms. The highest BCUT2D eigenvalue weighted by molar-refractivity contribution is 6.36. The summed E-state index contributed by atoms with van der Waals surface area (Å²) in [6.45, 7) is 9.79. The van der Waals surface area contributed by atoms with Gasteiger partial charge in [-0.1, -0.05) is 45.7 Å². The van der Waals surface area contributed by atoms with Crippen molar-refractivity contribution in [2.24, 2.45) is 0 Å². The first-order valence-electron chi connectivity index (χ1n) is 8.27. The predicted molar refractivity (Wildman–Crippen MR) is 89.2 cm³/mol. The van der Waals surface area contributed by atoms with Crippen LogP contribution in [0.3, 0.4) is 0 Å². The number of ether oxygens (including phenoxy) is 3. The van der Waals surface area contributed by atoms with E-state index in [1.54, 1.807) is 0 Å². The van der Waals surface area contributed by atoms with Crippen molar-refractivity contribution in [3.05, 3.63) is 12.7 Å². The molecule has 0 saturated carbocycles. The van der Waals surface area contributed by atoms with Crippen LogP contribution in [0.4, 0.5) is 0 Å². The van der Waals surface area contributed by atoms with Gasteiger partial charge in [-0.2, -0.15) is 0 Å². The number of hydrogen-bond donors (Lipinski definition) is 0. The molecule has 0 rings (SSSR count). The Morgan fingerprint density at radius 2 is 1.67 bits per heavy atom. The lowest BCUT2D eigenvalue weighted by atomic mass is 10.4. The number of carbonyl (C=O) groups excluding carboxylic acids is 1. The van der Waals surface area contributed by atoms with Crippen molar-refractivity contribution in [2.75, 3.05) is 19.8 Å². The molecule has 0 heterocycles. The largest absolute Gasteiger partial charge is 0.463 e. The average Bonchev–Trinajstić information content (AvgIpc) is 2.50. The summed E-state index contributed by atoms with van der Waals surface area (Å²) in [6.07, 6.45) is 7.67. The van der Waals surface area contributed by atoms with E-state index in [-0.39, 0.29) is 21.4 Å². The summed E-state index contributed by atoms with van der Waals surface area (Å²) < 4.78 is 16.6. The maximum atomic E-state index is 10.9. The zero-order valence-electron chi connectivity index (χ0n) is 13.8. The van der Waals surface area contributed by atoms with Crippen LogP contribution in [-0.2, 0) is 19.0 Å². The Morgan fingerprint density at radius 3 is 2.19 bits per heavy atom. The number of carbonyl (C=O) groups is 1. The molecule has 5 heteroatoms. The molecule has 0 aliphatic heterocycles. The van der Waals surface area contributed by atoms with Gasteiger partial charge in [0.1, 0.15) is 5.91 Å². The van der Waals surface area contributed by atoms with Gasteiger partial charge in [-0.25, -0.2) is 4.79 Å². The van der Waals surface area contributed by atoms with Crippen LogP contribution in [0.2, 0.25) is 6.04 Å². The van der Waals surface area contributed by atoms with E-state index in [2.05, 4.69) is 20.4 Å². The van der Waals surface area contributed by atoms with Crippen LogP contribution in [0.1, 0.15) is 52.4 Å². The summed E-state index contributed by atoms with van der Waals surface area (Å²) in [5.74, 6) is -0.283. The molecule has 0 aromatic rings.